The summed E-state index contributed by atoms with van der Waals surface area (Å²) in [7, 11) is -3.22. The van der Waals surface area contributed by atoms with Crippen molar-refractivity contribution in [1.29, 1.82) is 0 Å². The van der Waals surface area contributed by atoms with Crippen LogP contribution >= 0.6 is 7.91 Å². The second-order valence-corrected chi connectivity index (χ2v) is 2.51. The fourth-order valence-electron chi connectivity index (χ4n) is 0.0951. The van der Waals surface area contributed by atoms with Crippen molar-refractivity contribution < 1.29 is 17.8 Å². The van der Waals surface area contributed by atoms with Crippen LogP contribution in [0.3, 0.4) is 0 Å². The zero-order valence-electron chi connectivity index (χ0n) is 4.47. The summed E-state index contributed by atoms with van der Waals surface area (Å²) in [5.74, 6) is 0. The summed E-state index contributed by atoms with van der Waals surface area (Å²) in [5.41, 5.74) is 0. The Bertz CT molecular complexity index is 113. The van der Waals surface area contributed by atoms with Crippen LogP contribution in [-0.2, 0) is 9.40 Å². The highest BCUT2D eigenvalue weighted by Crippen LogP contribution is 2.51. The third kappa shape index (κ3) is 2.35. The molecule has 0 heterocycles. The lowest BCUT2D eigenvalue weighted by Gasteiger charge is -2.08. The Hall–Kier alpha value is 0.01000. The van der Waals surface area contributed by atoms with Crippen LogP contribution in [-0.4, -0.2) is 19.0 Å². The molecule has 0 N–H and O–H groups in total. The van der Waals surface area contributed by atoms with Crippen molar-refractivity contribution in [2.45, 2.75) is 0 Å². The lowest BCUT2D eigenvalue weighted by Crippen LogP contribution is -2.07. The first-order valence-corrected chi connectivity index (χ1v) is 3.20. The normalized spacial score (nSPS) is 12.6. The van der Waals surface area contributed by atoms with E-state index < -0.39 is 7.91 Å². The van der Waals surface area contributed by atoms with Gasteiger partial charge in [-0.3, -0.25) is 4.84 Å². The van der Waals surface area contributed by atoms with Gasteiger partial charge in [0.05, 0.1) is 7.11 Å². The minimum Gasteiger partial charge on any atom is -0.292 e. The Kier molecular flexibility index (Phi) is 2.53. The highest BCUT2D eigenvalue weighted by atomic mass is 31.2. The Morgan fingerprint density at radius 2 is 2.00 bits per heavy atom. The van der Waals surface area contributed by atoms with Gasteiger partial charge in [-0.05, 0) is 0 Å². The fraction of sp³-hybridized carbons (Fsp3) is 1.00. The lowest BCUT2D eigenvalue weighted by molar-refractivity contribution is -0.0405. The molecule has 0 spiro atoms. The van der Waals surface area contributed by atoms with Crippen molar-refractivity contribution >= 4 is 7.91 Å². The van der Waals surface area contributed by atoms with Gasteiger partial charge in [0, 0.05) is 7.05 Å². The van der Waals surface area contributed by atoms with Crippen LogP contribution in [0.2, 0.25) is 0 Å². The lowest BCUT2D eigenvalue weighted by atomic mass is 11.5. The average Bonchev–Trinajstić information content (AvgIpc) is 1.62. The molecule has 0 aromatic carbocycles. The Labute approximate surface area is 45.9 Å². The molecule has 8 heavy (non-hydrogen) atoms. The zero-order chi connectivity index (χ0) is 6.78. The van der Waals surface area contributed by atoms with Crippen molar-refractivity contribution in [3.63, 3.8) is 0 Å². The van der Waals surface area contributed by atoms with Crippen LogP contribution in [0.5, 0.6) is 0 Å². The van der Waals surface area contributed by atoms with Crippen molar-refractivity contribution in [1.82, 2.24) is 4.83 Å². The number of hydrogen-bond donors (Lipinski definition) is 0. The Morgan fingerprint density at radius 1 is 1.62 bits per heavy atom. The van der Waals surface area contributed by atoms with Crippen LogP contribution in [0.1, 0.15) is 0 Å². The third-order valence-electron chi connectivity index (χ3n) is 0.592. The Balaban J connectivity index is 3.82. The van der Waals surface area contributed by atoms with Crippen LogP contribution < -0.4 is 0 Å². The van der Waals surface area contributed by atoms with Crippen molar-refractivity contribution in [3.05, 3.63) is 0 Å². The minimum absolute atomic E-state index is 0.0347. The smallest absolute Gasteiger partial charge is 0.292 e. The van der Waals surface area contributed by atoms with E-state index in [1.54, 1.807) is 0 Å². The first-order valence-electron chi connectivity index (χ1n) is 1.76. The van der Waals surface area contributed by atoms with Gasteiger partial charge in [0.2, 0.25) is 0 Å². The van der Waals surface area contributed by atoms with Gasteiger partial charge in [-0.25, -0.2) is 4.57 Å². The molecule has 0 saturated heterocycles. The summed E-state index contributed by atoms with van der Waals surface area (Å²) in [6.45, 7) is 0. The standard InChI is InChI=1S/C2H6F2NO2P/c1-5(7-2)8(3,4)6/h1-2H3. The first kappa shape index (κ1) is 8.01. The van der Waals surface area contributed by atoms with E-state index in [1.807, 2.05) is 0 Å². The van der Waals surface area contributed by atoms with Gasteiger partial charge in [0.15, 0.2) is 0 Å². The molecule has 3 nitrogen and oxygen atoms in total. The topological polar surface area (TPSA) is 29.5 Å². The van der Waals surface area contributed by atoms with E-state index in [9.17, 15) is 13.0 Å². The summed E-state index contributed by atoms with van der Waals surface area (Å²) < 4.78 is 32.6. The fourth-order valence-corrected chi connectivity index (χ4v) is 0.285. The van der Waals surface area contributed by atoms with E-state index >= 15 is 0 Å². The number of rotatable bonds is 2. The molecule has 0 atom stereocenters. The quantitative estimate of drug-likeness (QED) is 0.435. The maximum absolute atomic E-state index is 11.5. The molecule has 0 aromatic heterocycles. The van der Waals surface area contributed by atoms with E-state index in [1.165, 1.54) is 0 Å². The van der Waals surface area contributed by atoms with Crippen molar-refractivity contribution in [2.24, 2.45) is 0 Å². The monoisotopic (exact) mass is 145 g/mol. The summed E-state index contributed by atoms with van der Waals surface area (Å²) in [6, 6.07) is 0. The maximum Gasteiger partial charge on any atom is 0.505 e. The molecule has 0 rings (SSSR count). The van der Waals surface area contributed by atoms with E-state index in [2.05, 4.69) is 4.84 Å². The van der Waals surface area contributed by atoms with Crippen molar-refractivity contribution in [2.75, 3.05) is 14.2 Å². The van der Waals surface area contributed by atoms with Crippen LogP contribution in [0.25, 0.3) is 0 Å². The molecule has 0 aromatic rings. The van der Waals surface area contributed by atoms with Gasteiger partial charge in [-0.15, -0.1) is 8.39 Å². The average molecular weight is 145 g/mol. The predicted octanol–water partition coefficient (Wildman–Crippen LogP) is 1.53. The summed E-state index contributed by atoms with van der Waals surface area (Å²) in [5, 5.41) is 0. The molecule has 0 aliphatic heterocycles. The summed E-state index contributed by atoms with van der Waals surface area (Å²) in [4.78, 5) is 3.97. The first-order chi connectivity index (χ1) is 3.48. The maximum atomic E-state index is 11.5. The SMILES string of the molecule is CON(C)P(=O)(F)F. The molecule has 6 heteroatoms. The van der Waals surface area contributed by atoms with Gasteiger partial charge in [-0.2, -0.15) is 0 Å². The molecule has 0 fully saturated rings. The highest BCUT2D eigenvalue weighted by molar-refractivity contribution is 7.50. The number of hydroxylamine groups is 1. The van der Waals surface area contributed by atoms with E-state index in [4.69, 9.17) is 0 Å². The zero-order valence-corrected chi connectivity index (χ0v) is 5.36. The second-order valence-electron chi connectivity index (χ2n) is 1.08. The van der Waals surface area contributed by atoms with Gasteiger partial charge in [0.25, 0.3) is 0 Å². The Morgan fingerprint density at radius 3 is 2.00 bits per heavy atom. The number of halogens is 2. The van der Waals surface area contributed by atoms with Gasteiger partial charge >= 0.3 is 7.91 Å². The molecule has 0 radical (unpaired) electrons. The molecular formula is C2H6F2NO2P. The minimum atomic E-state index is -5.15. The molecular weight excluding hydrogens is 139 g/mol. The molecule has 0 aliphatic carbocycles. The molecule has 0 bridgehead atoms. The van der Waals surface area contributed by atoms with E-state index in [0.29, 0.717) is 0 Å². The van der Waals surface area contributed by atoms with Crippen LogP contribution in [0, 0.1) is 0 Å². The molecule has 0 saturated carbocycles. The van der Waals surface area contributed by atoms with Gasteiger partial charge in [0.1, 0.15) is 0 Å². The molecule has 0 amide bonds. The van der Waals surface area contributed by atoms with Gasteiger partial charge in [-0.1, -0.05) is 4.83 Å². The molecule has 0 unspecified atom stereocenters. The number of hydrogen-bond acceptors (Lipinski definition) is 2. The van der Waals surface area contributed by atoms with E-state index in [0.717, 1.165) is 14.2 Å². The van der Waals surface area contributed by atoms with Gasteiger partial charge < -0.3 is 0 Å². The molecule has 50 valence electrons. The van der Waals surface area contributed by atoms with E-state index in [-0.39, 0.29) is 4.83 Å². The number of nitrogens with zero attached hydrogens (tertiary/aromatic N) is 1. The van der Waals surface area contributed by atoms with Crippen molar-refractivity contribution in [3.8, 4) is 0 Å². The largest absolute Gasteiger partial charge is 0.505 e. The summed E-state index contributed by atoms with van der Waals surface area (Å²) in [6.07, 6.45) is 0. The second kappa shape index (κ2) is 2.53. The summed E-state index contributed by atoms with van der Waals surface area (Å²) >= 11 is 0. The highest BCUT2D eigenvalue weighted by Gasteiger charge is 2.26. The van der Waals surface area contributed by atoms with Crippen LogP contribution in [0.4, 0.5) is 8.39 Å². The molecule has 0 aliphatic rings. The predicted molar refractivity (Wildman–Crippen MR) is 24.6 cm³/mol. The third-order valence-corrected chi connectivity index (χ3v) is 1.41. The van der Waals surface area contributed by atoms with Crippen LogP contribution in [0.15, 0.2) is 0 Å².